The van der Waals surface area contributed by atoms with Crippen LogP contribution in [-0.4, -0.2) is 35.5 Å². The lowest BCUT2D eigenvalue weighted by molar-refractivity contribution is -0.143. The highest BCUT2D eigenvalue weighted by Gasteiger charge is 2.25. The minimum atomic E-state index is -1.04. The molecule has 1 unspecified atom stereocenters. The first kappa shape index (κ1) is 18.4. The summed E-state index contributed by atoms with van der Waals surface area (Å²) in [7, 11) is 0. The summed E-state index contributed by atoms with van der Waals surface area (Å²) in [6.07, 6.45) is 0.736. The molecule has 0 aromatic heterocycles. The molecule has 2 amide bonds. The number of carbonyl (C=O) groups is 3. The molecule has 0 bridgehead atoms. The molecule has 0 fully saturated rings. The predicted molar refractivity (Wildman–Crippen MR) is 76.1 cm³/mol. The van der Waals surface area contributed by atoms with Crippen molar-refractivity contribution in [3.8, 4) is 0 Å². The van der Waals surface area contributed by atoms with Gasteiger partial charge >= 0.3 is 5.97 Å². The van der Waals surface area contributed by atoms with E-state index in [2.05, 4.69) is 10.6 Å². The van der Waals surface area contributed by atoms with Gasteiger partial charge in [-0.2, -0.15) is 0 Å². The first-order chi connectivity index (χ1) is 9.09. The van der Waals surface area contributed by atoms with Gasteiger partial charge in [0.25, 0.3) is 0 Å². The third-order valence-electron chi connectivity index (χ3n) is 3.11. The standard InChI is InChI=1S/C14H26N2O4/c1-6-9(2)11(12(18)19)16-10(17)7-8-15-13(20)14(3,4)5/h9,11H,6-8H2,1-5H3,(H,15,20)(H,16,17)(H,18,19)/t9?,11-/m0/s1. The van der Waals surface area contributed by atoms with E-state index >= 15 is 0 Å². The quantitative estimate of drug-likeness (QED) is 0.654. The Bertz CT molecular complexity index is 361. The second-order valence-corrected chi connectivity index (χ2v) is 6.02. The van der Waals surface area contributed by atoms with E-state index in [4.69, 9.17) is 5.11 Å². The fourth-order valence-electron chi connectivity index (χ4n) is 1.48. The zero-order valence-corrected chi connectivity index (χ0v) is 12.9. The molecule has 0 spiro atoms. The topological polar surface area (TPSA) is 95.5 Å². The van der Waals surface area contributed by atoms with Crippen LogP contribution in [0, 0.1) is 11.3 Å². The van der Waals surface area contributed by atoms with Gasteiger partial charge in [-0.15, -0.1) is 0 Å². The summed E-state index contributed by atoms with van der Waals surface area (Å²) < 4.78 is 0. The van der Waals surface area contributed by atoms with E-state index in [9.17, 15) is 14.4 Å². The number of amides is 2. The Balaban J connectivity index is 4.22. The Kier molecular flexibility index (Phi) is 7.24. The molecule has 0 saturated carbocycles. The van der Waals surface area contributed by atoms with Crippen molar-refractivity contribution in [2.24, 2.45) is 11.3 Å². The van der Waals surface area contributed by atoms with Crippen molar-refractivity contribution >= 4 is 17.8 Å². The van der Waals surface area contributed by atoms with Crippen molar-refractivity contribution in [1.82, 2.24) is 10.6 Å². The molecule has 0 aliphatic rings. The molecule has 6 heteroatoms. The summed E-state index contributed by atoms with van der Waals surface area (Å²) in [5.41, 5.74) is -0.503. The lowest BCUT2D eigenvalue weighted by Gasteiger charge is -2.21. The van der Waals surface area contributed by atoms with Gasteiger partial charge in [0.1, 0.15) is 6.04 Å². The van der Waals surface area contributed by atoms with Gasteiger partial charge in [0.05, 0.1) is 0 Å². The van der Waals surface area contributed by atoms with E-state index in [1.807, 2.05) is 6.92 Å². The predicted octanol–water partition coefficient (Wildman–Crippen LogP) is 1.15. The Morgan fingerprint density at radius 3 is 2.15 bits per heavy atom. The van der Waals surface area contributed by atoms with Crippen molar-refractivity contribution in [3.63, 3.8) is 0 Å². The second kappa shape index (κ2) is 7.87. The molecule has 0 aliphatic heterocycles. The molecule has 0 aliphatic carbocycles. The number of rotatable bonds is 7. The van der Waals surface area contributed by atoms with Gasteiger partial charge in [-0.25, -0.2) is 4.79 Å². The van der Waals surface area contributed by atoms with Crippen LogP contribution in [0.1, 0.15) is 47.5 Å². The molecule has 0 radical (unpaired) electrons. The zero-order valence-electron chi connectivity index (χ0n) is 12.9. The summed E-state index contributed by atoms with van der Waals surface area (Å²) in [4.78, 5) is 34.3. The average molecular weight is 286 g/mol. The lowest BCUT2D eigenvalue weighted by Crippen LogP contribution is -2.46. The van der Waals surface area contributed by atoms with Crippen molar-refractivity contribution in [2.75, 3.05) is 6.54 Å². The van der Waals surface area contributed by atoms with E-state index in [0.29, 0.717) is 6.42 Å². The molecule has 3 N–H and O–H groups in total. The van der Waals surface area contributed by atoms with Gasteiger partial charge in [0, 0.05) is 18.4 Å². The van der Waals surface area contributed by atoms with Crippen LogP contribution >= 0.6 is 0 Å². The van der Waals surface area contributed by atoms with Crippen LogP contribution < -0.4 is 10.6 Å². The fraction of sp³-hybridized carbons (Fsp3) is 0.786. The smallest absolute Gasteiger partial charge is 0.326 e. The first-order valence-electron chi connectivity index (χ1n) is 6.90. The molecule has 0 saturated heterocycles. The van der Waals surface area contributed by atoms with Crippen LogP contribution in [-0.2, 0) is 14.4 Å². The highest BCUT2D eigenvalue weighted by Crippen LogP contribution is 2.12. The molecule has 20 heavy (non-hydrogen) atoms. The van der Waals surface area contributed by atoms with Crippen LogP contribution in [0.3, 0.4) is 0 Å². The Morgan fingerprint density at radius 1 is 1.20 bits per heavy atom. The van der Waals surface area contributed by atoms with Crippen molar-refractivity contribution in [2.45, 2.75) is 53.5 Å². The monoisotopic (exact) mass is 286 g/mol. The fourth-order valence-corrected chi connectivity index (χ4v) is 1.48. The number of aliphatic carboxylic acids is 1. The SMILES string of the molecule is CCC(C)[C@H](NC(=O)CCNC(=O)C(C)(C)C)C(=O)O. The van der Waals surface area contributed by atoms with Gasteiger partial charge < -0.3 is 15.7 Å². The molecular weight excluding hydrogens is 260 g/mol. The van der Waals surface area contributed by atoms with Crippen LogP contribution in [0.5, 0.6) is 0 Å². The largest absolute Gasteiger partial charge is 0.480 e. The Hall–Kier alpha value is -1.59. The van der Waals surface area contributed by atoms with Gasteiger partial charge in [0.2, 0.25) is 11.8 Å². The van der Waals surface area contributed by atoms with E-state index in [0.717, 1.165) is 0 Å². The van der Waals surface area contributed by atoms with Crippen molar-refractivity contribution in [3.05, 3.63) is 0 Å². The van der Waals surface area contributed by atoms with Crippen molar-refractivity contribution in [1.29, 1.82) is 0 Å². The minimum absolute atomic E-state index is 0.0715. The third-order valence-corrected chi connectivity index (χ3v) is 3.11. The number of nitrogens with one attached hydrogen (secondary N) is 2. The number of carboxylic acid groups (broad SMARTS) is 1. The normalized spacial score (nSPS) is 14.2. The average Bonchev–Trinajstić information content (AvgIpc) is 2.33. The minimum Gasteiger partial charge on any atom is -0.480 e. The number of hydrogen-bond acceptors (Lipinski definition) is 3. The highest BCUT2D eigenvalue weighted by molar-refractivity contribution is 5.85. The molecule has 116 valence electrons. The maximum Gasteiger partial charge on any atom is 0.326 e. The summed E-state index contributed by atoms with van der Waals surface area (Å²) in [5.74, 6) is -1.68. The Morgan fingerprint density at radius 2 is 1.75 bits per heavy atom. The van der Waals surface area contributed by atoms with Crippen LogP contribution in [0.15, 0.2) is 0 Å². The summed E-state index contributed by atoms with van der Waals surface area (Å²) in [6, 6.07) is -0.884. The molecule has 6 nitrogen and oxygen atoms in total. The number of hydrogen-bond donors (Lipinski definition) is 3. The molecule has 0 rings (SSSR count). The maximum atomic E-state index is 11.7. The van der Waals surface area contributed by atoms with Gasteiger partial charge in [-0.1, -0.05) is 41.0 Å². The van der Waals surface area contributed by atoms with Gasteiger partial charge in [-0.3, -0.25) is 9.59 Å². The number of carboxylic acids is 1. The summed E-state index contributed by atoms with van der Waals surface area (Å²) >= 11 is 0. The Labute approximate surface area is 120 Å². The van der Waals surface area contributed by atoms with Crippen LogP contribution in [0.2, 0.25) is 0 Å². The summed E-state index contributed by atoms with van der Waals surface area (Å²) in [6.45, 7) is 9.20. The third kappa shape index (κ3) is 6.54. The van der Waals surface area contributed by atoms with E-state index < -0.39 is 17.4 Å². The molecule has 0 heterocycles. The number of carbonyl (C=O) groups excluding carboxylic acids is 2. The first-order valence-corrected chi connectivity index (χ1v) is 6.90. The van der Waals surface area contributed by atoms with Gasteiger partial charge in [-0.05, 0) is 5.92 Å². The van der Waals surface area contributed by atoms with Crippen molar-refractivity contribution < 1.29 is 19.5 Å². The highest BCUT2D eigenvalue weighted by atomic mass is 16.4. The van der Waals surface area contributed by atoms with E-state index in [-0.39, 0.29) is 30.7 Å². The molecule has 0 aromatic rings. The van der Waals surface area contributed by atoms with Crippen LogP contribution in [0.25, 0.3) is 0 Å². The van der Waals surface area contributed by atoms with Crippen LogP contribution in [0.4, 0.5) is 0 Å². The molecule has 0 aromatic carbocycles. The second-order valence-electron chi connectivity index (χ2n) is 6.02. The maximum absolute atomic E-state index is 11.7. The summed E-state index contributed by atoms with van der Waals surface area (Å²) in [5, 5.41) is 14.2. The van der Waals surface area contributed by atoms with E-state index in [1.54, 1.807) is 27.7 Å². The van der Waals surface area contributed by atoms with E-state index in [1.165, 1.54) is 0 Å². The lowest BCUT2D eigenvalue weighted by atomic mass is 9.96. The zero-order chi connectivity index (χ0) is 15.9. The molecule has 2 atom stereocenters. The molecular formula is C14H26N2O4. The van der Waals surface area contributed by atoms with Gasteiger partial charge in [0.15, 0.2) is 0 Å².